The maximum atomic E-state index is 5.97. The number of anilines is 1. The first-order valence-electron chi connectivity index (χ1n) is 6.74. The number of nitrogens with one attached hydrogen (secondary N) is 1. The summed E-state index contributed by atoms with van der Waals surface area (Å²) in [4.78, 5) is 2.23. The molecule has 2 nitrogen and oxygen atoms in total. The summed E-state index contributed by atoms with van der Waals surface area (Å²) in [6.07, 6.45) is 0. The Kier molecular flexibility index (Phi) is 4.68. The molecule has 0 amide bonds. The van der Waals surface area contributed by atoms with Gasteiger partial charge >= 0.3 is 0 Å². The van der Waals surface area contributed by atoms with Crippen molar-refractivity contribution in [3.05, 3.63) is 65.2 Å². The zero-order valence-electron chi connectivity index (χ0n) is 11.3. The van der Waals surface area contributed by atoms with Crippen LogP contribution in [0.4, 0.5) is 5.69 Å². The fourth-order valence-electron chi connectivity index (χ4n) is 2.30. The highest BCUT2D eigenvalue weighted by Crippen LogP contribution is 2.38. The van der Waals surface area contributed by atoms with Crippen LogP contribution < -0.4 is 5.32 Å². The van der Waals surface area contributed by atoms with Gasteiger partial charge in [-0.15, -0.1) is 11.8 Å². The first-order chi connectivity index (χ1) is 10.2. The molecular formula is C16H15ClN2S2. The zero-order valence-corrected chi connectivity index (χ0v) is 13.7. The Hall–Kier alpha value is -1.23. The molecule has 0 spiro atoms. The molecule has 108 valence electrons. The van der Waals surface area contributed by atoms with E-state index in [2.05, 4.69) is 22.3 Å². The molecule has 1 aliphatic heterocycles. The van der Waals surface area contributed by atoms with Crippen molar-refractivity contribution in [3.63, 3.8) is 0 Å². The lowest BCUT2D eigenvalue weighted by Gasteiger charge is -2.27. The molecule has 0 aromatic heterocycles. The maximum Gasteiger partial charge on any atom is 0.174 e. The van der Waals surface area contributed by atoms with Crippen molar-refractivity contribution < 1.29 is 0 Å². The Morgan fingerprint density at radius 3 is 2.57 bits per heavy atom. The lowest BCUT2D eigenvalue weighted by Crippen LogP contribution is -2.34. The normalized spacial score (nSPS) is 17.8. The lowest BCUT2D eigenvalue weighted by molar-refractivity contribution is 0.458. The van der Waals surface area contributed by atoms with E-state index in [9.17, 15) is 0 Å². The number of nitrogens with zero attached hydrogens (tertiary/aromatic N) is 1. The second kappa shape index (κ2) is 6.69. The number of rotatable bonds is 2. The quantitative estimate of drug-likeness (QED) is 0.794. The molecule has 3 rings (SSSR count). The molecule has 1 fully saturated rings. The van der Waals surface area contributed by atoms with Crippen LogP contribution in [0, 0.1) is 0 Å². The highest BCUT2D eigenvalue weighted by atomic mass is 35.5. The van der Waals surface area contributed by atoms with Crippen molar-refractivity contribution >= 4 is 46.4 Å². The van der Waals surface area contributed by atoms with Gasteiger partial charge in [0.2, 0.25) is 0 Å². The van der Waals surface area contributed by atoms with E-state index in [4.69, 9.17) is 23.8 Å². The van der Waals surface area contributed by atoms with Crippen LogP contribution in [0.1, 0.15) is 10.9 Å². The van der Waals surface area contributed by atoms with E-state index in [1.165, 1.54) is 5.56 Å². The third-order valence-corrected chi connectivity index (χ3v) is 5.18. The Labute approximate surface area is 139 Å². The molecule has 2 aromatic carbocycles. The third-order valence-electron chi connectivity index (χ3n) is 3.33. The Balaban J connectivity index is 1.74. The summed E-state index contributed by atoms with van der Waals surface area (Å²) in [7, 11) is 0. The number of benzene rings is 2. The highest BCUT2D eigenvalue weighted by molar-refractivity contribution is 7.99. The molecule has 1 N–H and O–H groups in total. The number of halogens is 1. The Bertz CT molecular complexity index is 616. The van der Waals surface area contributed by atoms with Gasteiger partial charge in [0.15, 0.2) is 5.11 Å². The molecule has 1 aliphatic rings. The van der Waals surface area contributed by atoms with Crippen LogP contribution in [-0.2, 0) is 0 Å². The minimum absolute atomic E-state index is 0.256. The first-order valence-corrected chi connectivity index (χ1v) is 8.57. The van der Waals surface area contributed by atoms with E-state index in [0.717, 1.165) is 28.1 Å². The van der Waals surface area contributed by atoms with Crippen molar-refractivity contribution in [3.8, 4) is 0 Å². The van der Waals surface area contributed by atoms with Crippen LogP contribution in [-0.4, -0.2) is 22.3 Å². The van der Waals surface area contributed by atoms with Crippen LogP contribution >= 0.6 is 35.6 Å². The smallest absolute Gasteiger partial charge is 0.174 e. The van der Waals surface area contributed by atoms with Gasteiger partial charge in [-0.25, -0.2) is 0 Å². The minimum Gasteiger partial charge on any atom is -0.333 e. The van der Waals surface area contributed by atoms with Gasteiger partial charge in [-0.1, -0.05) is 41.9 Å². The van der Waals surface area contributed by atoms with E-state index in [1.54, 1.807) is 0 Å². The number of thiocarbonyl (C=S) groups is 1. The number of hydrogen-bond acceptors (Lipinski definition) is 2. The second-order valence-corrected chi connectivity index (χ2v) is 6.78. The standard InChI is InChI=1S/C16H15ClN2S2/c17-13-8-6-12(7-9-13)15-19(10-11-21-15)16(20)18-14-4-2-1-3-5-14/h1-9,15H,10-11H2,(H,18,20). The minimum atomic E-state index is 0.256. The maximum absolute atomic E-state index is 5.97. The van der Waals surface area contributed by atoms with Crippen molar-refractivity contribution in [2.24, 2.45) is 0 Å². The summed E-state index contributed by atoms with van der Waals surface area (Å²) < 4.78 is 0. The summed E-state index contributed by atoms with van der Waals surface area (Å²) in [5.41, 5.74) is 2.26. The van der Waals surface area contributed by atoms with Crippen LogP contribution in [0.15, 0.2) is 54.6 Å². The summed E-state index contributed by atoms with van der Waals surface area (Å²) in [6.45, 7) is 0.955. The fraction of sp³-hybridized carbons (Fsp3) is 0.188. The van der Waals surface area contributed by atoms with Gasteiger partial charge in [0.25, 0.3) is 0 Å². The van der Waals surface area contributed by atoms with Crippen LogP contribution in [0.2, 0.25) is 5.02 Å². The summed E-state index contributed by atoms with van der Waals surface area (Å²) in [5.74, 6) is 1.07. The topological polar surface area (TPSA) is 15.3 Å². The summed E-state index contributed by atoms with van der Waals surface area (Å²) in [6, 6.07) is 18.0. The van der Waals surface area contributed by atoms with E-state index >= 15 is 0 Å². The van der Waals surface area contributed by atoms with Crippen molar-refractivity contribution in [1.29, 1.82) is 0 Å². The van der Waals surface area contributed by atoms with Gasteiger partial charge in [0.1, 0.15) is 5.37 Å². The largest absolute Gasteiger partial charge is 0.333 e. The average molecular weight is 335 g/mol. The van der Waals surface area contributed by atoms with Crippen molar-refractivity contribution in [2.45, 2.75) is 5.37 Å². The molecule has 1 unspecified atom stereocenters. The summed E-state index contributed by atoms with van der Waals surface area (Å²) in [5, 5.41) is 5.10. The number of hydrogen-bond donors (Lipinski definition) is 1. The first kappa shape index (κ1) is 14.7. The fourth-order valence-corrected chi connectivity index (χ4v) is 4.07. The third kappa shape index (κ3) is 3.51. The Morgan fingerprint density at radius 2 is 1.86 bits per heavy atom. The van der Waals surface area contributed by atoms with Crippen LogP contribution in [0.3, 0.4) is 0 Å². The number of thioether (sulfide) groups is 1. The molecule has 0 radical (unpaired) electrons. The molecule has 1 saturated heterocycles. The molecule has 1 heterocycles. The highest BCUT2D eigenvalue weighted by Gasteiger charge is 2.28. The predicted octanol–water partition coefficient (Wildman–Crippen LogP) is 4.78. The lowest BCUT2D eigenvalue weighted by atomic mass is 10.2. The molecule has 21 heavy (non-hydrogen) atoms. The predicted molar refractivity (Wildman–Crippen MR) is 96.0 cm³/mol. The zero-order chi connectivity index (χ0) is 14.7. The molecule has 1 atom stereocenters. The molecule has 0 bridgehead atoms. The molecule has 2 aromatic rings. The van der Waals surface area contributed by atoms with E-state index < -0.39 is 0 Å². The molecule has 5 heteroatoms. The Morgan fingerprint density at radius 1 is 1.14 bits per heavy atom. The molecule has 0 aliphatic carbocycles. The van der Waals surface area contributed by atoms with Gasteiger partial charge < -0.3 is 10.2 Å². The van der Waals surface area contributed by atoms with E-state index in [1.807, 2.05) is 54.2 Å². The SMILES string of the molecule is S=C(Nc1ccccc1)N1CCSC1c1ccc(Cl)cc1. The molecular weight excluding hydrogens is 320 g/mol. The van der Waals surface area contributed by atoms with Gasteiger partial charge in [0.05, 0.1) is 0 Å². The van der Waals surface area contributed by atoms with Gasteiger partial charge in [-0.3, -0.25) is 0 Å². The monoisotopic (exact) mass is 334 g/mol. The van der Waals surface area contributed by atoms with E-state index in [-0.39, 0.29) is 5.37 Å². The van der Waals surface area contributed by atoms with E-state index in [0.29, 0.717) is 0 Å². The second-order valence-electron chi connectivity index (χ2n) is 4.76. The number of para-hydroxylation sites is 1. The van der Waals surface area contributed by atoms with Crippen molar-refractivity contribution in [2.75, 3.05) is 17.6 Å². The van der Waals surface area contributed by atoms with Crippen LogP contribution in [0.25, 0.3) is 0 Å². The van der Waals surface area contributed by atoms with Gasteiger partial charge in [-0.05, 0) is 42.0 Å². The van der Waals surface area contributed by atoms with Crippen LogP contribution in [0.5, 0.6) is 0 Å². The van der Waals surface area contributed by atoms with Gasteiger partial charge in [-0.2, -0.15) is 0 Å². The average Bonchev–Trinajstić information content (AvgIpc) is 2.98. The van der Waals surface area contributed by atoms with Gasteiger partial charge in [0, 0.05) is 23.0 Å². The molecule has 0 saturated carbocycles. The van der Waals surface area contributed by atoms with Crippen molar-refractivity contribution in [1.82, 2.24) is 4.90 Å². The summed E-state index contributed by atoms with van der Waals surface area (Å²) >= 11 is 13.4.